The Bertz CT molecular complexity index is 1010. The molecule has 1 heterocycles. The van der Waals surface area contributed by atoms with Gasteiger partial charge < -0.3 is 0 Å². The molecule has 0 spiro atoms. The summed E-state index contributed by atoms with van der Waals surface area (Å²) < 4.78 is 53.9. The second-order valence-electron chi connectivity index (χ2n) is 6.81. The number of hydrogen-bond acceptors (Lipinski definition) is 4. The number of piperazine rings is 1. The largest absolute Gasteiger partial charge is 0.243 e. The zero-order valence-corrected chi connectivity index (χ0v) is 17.1. The van der Waals surface area contributed by atoms with Crippen LogP contribution in [0.2, 0.25) is 0 Å². The van der Waals surface area contributed by atoms with Crippen LogP contribution in [0.3, 0.4) is 0 Å². The molecule has 0 N–H and O–H groups in total. The maximum atomic E-state index is 12.9. The quantitative estimate of drug-likeness (QED) is 0.760. The van der Waals surface area contributed by atoms with Crippen LogP contribution >= 0.6 is 0 Å². The smallest absolute Gasteiger partial charge is 0.212 e. The molecule has 0 bridgehead atoms. The molecule has 0 aromatic heterocycles. The van der Waals surface area contributed by atoms with E-state index in [1.807, 2.05) is 19.1 Å². The number of benzene rings is 2. The van der Waals surface area contributed by atoms with Gasteiger partial charge in [-0.05, 0) is 31.0 Å². The van der Waals surface area contributed by atoms with Gasteiger partial charge >= 0.3 is 0 Å². The molecule has 146 valence electrons. The maximum absolute atomic E-state index is 12.9. The van der Waals surface area contributed by atoms with E-state index in [4.69, 9.17) is 0 Å². The minimum atomic E-state index is -3.63. The minimum absolute atomic E-state index is 0.0718. The third-order valence-corrected chi connectivity index (χ3v) is 8.64. The van der Waals surface area contributed by atoms with Crippen molar-refractivity contribution < 1.29 is 16.8 Å². The van der Waals surface area contributed by atoms with Gasteiger partial charge in [0.2, 0.25) is 20.0 Å². The fourth-order valence-corrected chi connectivity index (χ4v) is 6.44. The number of sulfonamides is 2. The zero-order valence-electron chi connectivity index (χ0n) is 15.5. The molecule has 8 heteroatoms. The Kier molecular flexibility index (Phi) is 5.71. The third kappa shape index (κ3) is 4.40. The highest BCUT2D eigenvalue weighted by atomic mass is 32.2. The molecule has 0 unspecified atom stereocenters. The highest BCUT2D eigenvalue weighted by molar-refractivity contribution is 7.89. The Balaban J connectivity index is 1.71. The van der Waals surface area contributed by atoms with Crippen LogP contribution in [0.1, 0.15) is 16.7 Å². The normalized spacial score (nSPS) is 17.1. The van der Waals surface area contributed by atoms with Crippen LogP contribution in [0.15, 0.2) is 53.4 Å². The van der Waals surface area contributed by atoms with Gasteiger partial charge in [0.25, 0.3) is 0 Å². The summed E-state index contributed by atoms with van der Waals surface area (Å²) in [6.07, 6.45) is 0. The standard InChI is InChI=1S/C19H24N2O4S2/c1-16-8-9-19(17(2)14-16)27(24,25)21-12-10-20(11-13-21)26(22,23)15-18-6-4-3-5-7-18/h3-9,14H,10-13,15H2,1-2H3. The second kappa shape index (κ2) is 7.71. The van der Waals surface area contributed by atoms with E-state index in [1.54, 1.807) is 43.3 Å². The molecule has 0 aliphatic carbocycles. The third-order valence-electron chi connectivity index (χ3n) is 4.73. The molecule has 2 aromatic carbocycles. The molecule has 0 saturated carbocycles. The van der Waals surface area contributed by atoms with Crippen molar-refractivity contribution in [2.45, 2.75) is 24.5 Å². The minimum Gasteiger partial charge on any atom is -0.212 e. The molecule has 3 rings (SSSR count). The van der Waals surface area contributed by atoms with Gasteiger partial charge in [-0.3, -0.25) is 0 Å². The van der Waals surface area contributed by atoms with Crippen LogP contribution in [0.25, 0.3) is 0 Å². The first-order chi connectivity index (χ1) is 12.7. The van der Waals surface area contributed by atoms with Crippen molar-refractivity contribution in [2.75, 3.05) is 26.2 Å². The Morgan fingerprint density at radius 2 is 1.41 bits per heavy atom. The highest BCUT2D eigenvalue weighted by Gasteiger charge is 2.33. The topological polar surface area (TPSA) is 74.8 Å². The highest BCUT2D eigenvalue weighted by Crippen LogP contribution is 2.23. The molecular weight excluding hydrogens is 384 g/mol. The molecule has 6 nitrogen and oxygen atoms in total. The van der Waals surface area contributed by atoms with Gasteiger partial charge in [-0.2, -0.15) is 8.61 Å². The molecule has 0 atom stereocenters. The lowest BCUT2D eigenvalue weighted by atomic mass is 10.2. The van der Waals surface area contributed by atoms with Gasteiger partial charge in [0, 0.05) is 26.2 Å². The van der Waals surface area contributed by atoms with Crippen molar-refractivity contribution in [1.82, 2.24) is 8.61 Å². The summed E-state index contributed by atoms with van der Waals surface area (Å²) in [4.78, 5) is 0.286. The van der Waals surface area contributed by atoms with Crippen LogP contribution in [-0.2, 0) is 25.8 Å². The van der Waals surface area contributed by atoms with E-state index in [1.165, 1.54) is 8.61 Å². The van der Waals surface area contributed by atoms with E-state index < -0.39 is 20.0 Å². The van der Waals surface area contributed by atoms with Gasteiger partial charge in [-0.1, -0.05) is 48.0 Å². The summed E-state index contributed by atoms with van der Waals surface area (Å²) in [7, 11) is -7.10. The van der Waals surface area contributed by atoms with E-state index in [0.717, 1.165) is 11.1 Å². The molecule has 1 aliphatic rings. The van der Waals surface area contributed by atoms with Crippen molar-refractivity contribution in [1.29, 1.82) is 0 Å². The van der Waals surface area contributed by atoms with Gasteiger partial charge in [-0.25, -0.2) is 16.8 Å². The van der Waals surface area contributed by atoms with Crippen molar-refractivity contribution in [3.8, 4) is 0 Å². The Morgan fingerprint density at radius 1 is 0.815 bits per heavy atom. The molecular formula is C19H24N2O4S2. The molecule has 2 aromatic rings. The van der Waals surface area contributed by atoms with E-state index in [0.29, 0.717) is 5.56 Å². The predicted octanol–water partition coefficient (Wildman–Crippen LogP) is 2.14. The lowest BCUT2D eigenvalue weighted by Crippen LogP contribution is -2.50. The summed E-state index contributed by atoms with van der Waals surface area (Å²) in [5.41, 5.74) is 2.43. The van der Waals surface area contributed by atoms with Crippen LogP contribution in [0.4, 0.5) is 0 Å². The van der Waals surface area contributed by atoms with Gasteiger partial charge in [0.05, 0.1) is 10.6 Å². The fourth-order valence-electron chi connectivity index (χ4n) is 3.29. The summed E-state index contributed by atoms with van der Waals surface area (Å²) in [6.45, 7) is 4.34. The number of hydrogen-bond donors (Lipinski definition) is 0. The van der Waals surface area contributed by atoms with E-state index >= 15 is 0 Å². The monoisotopic (exact) mass is 408 g/mol. The van der Waals surface area contributed by atoms with E-state index in [2.05, 4.69) is 0 Å². The van der Waals surface area contributed by atoms with Crippen LogP contribution < -0.4 is 0 Å². The summed E-state index contributed by atoms with van der Waals surface area (Å²) >= 11 is 0. The first-order valence-corrected chi connectivity index (χ1v) is 11.8. The van der Waals surface area contributed by atoms with Crippen molar-refractivity contribution >= 4 is 20.0 Å². The van der Waals surface area contributed by atoms with Crippen molar-refractivity contribution in [3.63, 3.8) is 0 Å². The van der Waals surface area contributed by atoms with E-state index in [-0.39, 0.29) is 36.8 Å². The van der Waals surface area contributed by atoms with Crippen LogP contribution in [0, 0.1) is 13.8 Å². The molecule has 0 amide bonds. The first kappa shape index (κ1) is 20.0. The zero-order chi connectivity index (χ0) is 19.7. The Labute approximate surface area is 161 Å². The average Bonchev–Trinajstić information content (AvgIpc) is 2.62. The Hall–Kier alpha value is -1.74. The maximum Gasteiger partial charge on any atom is 0.243 e. The second-order valence-corrected chi connectivity index (χ2v) is 10.7. The van der Waals surface area contributed by atoms with Crippen LogP contribution in [0.5, 0.6) is 0 Å². The molecule has 0 radical (unpaired) electrons. The summed E-state index contributed by atoms with van der Waals surface area (Å²) in [5.74, 6) is -0.0718. The average molecular weight is 409 g/mol. The molecule has 1 aliphatic heterocycles. The SMILES string of the molecule is Cc1ccc(S(=O)(=O)N2CCN(S(=O)(=O)Cc3ccccc3)CC2)c(C)c1. The van der Waals surface area contributed by atoms with Gasteiger partial charge in [-0.15, -0.1) is 0 Å². The predicted molar refractivity (Wildman–Crippen MR) is 105 cm³/mol. The van der Waals surface area contributed by atoms with Gasteiger partial charge in [0.15, 0.2) is 0 Å². The number of nitrogens with zero attached hydrogens (tertiary/aromatic N) is 2. The fraction of sp³-hybridized carbons (Fsp3) is 0.368. The van der Waals surface area contributed by atoms with Gasteiger partial charge in [0.1, 0.15) is 0 Å². The molecule has 1 fully saturated rings. The molecule has 1 saturated heterocycles. The summed E-state index contributed by atoms with van der Waals surface area (Å²) in [5, 5.41) is 0. The number of aryl methyl sites for hydroxylation is 2. The lowest BCUT2D eigenvalue weighted by Gasteiger charge is -2.33. The first-order valence-electron chi connectivity index (χ1n) is 8.79. The molecule has 27 heavy (non-hydrogen) atoms. The van der Waals surface area contributed by atoms with E-state index in [9.17, 15) is 16.8 Å². The number of rotatable bonds is 5. The summed E-state index contributed by atoms with van der Waals surface area (Å²) in [6, 6.07) is 14.2. The lowest BCUT2D eigenvalue weighted by molar-refractivity contribution is 0.272. The van der Waals surface area contributed by atoms with Crippen LogP contribution in [-0.4, -0.2) is 51.6 Å². The van der Waals surface area contributed by atoms with Crippen molar-refractivity contribution in [2.24, 2.45) is 0 Å². The van der Waals surface area contributed by atoms with Crippen molar-refractivity contribution in [3.05, 3.63) is 65.2 Å². The Morgan fingerprint density at radius 3 is 2.00 bits per heavy atom.